The molecule has 1 aromatic rings. The monoisotopic (exact) mass is 302 g/mol. The Labute approximate surface area is 122 Å². The van der Waals surface area contributed by atoms with Crippen molar-refractivity contribution in [2.24, 2.45) is 5.73 Å². The molecule has 0 spiro atoms. The van der Waals surface area contributed by atoms with Gasteiger partial charge in [0.1, 0.15) is 4.90 Å². The Morgan fingerprint density at radius 2 is 1.85 bits per heavy atom. The second-order valence-corrected chi connectivity index (χ2v) is 7.55. The molecular weight excluding hydrogens is 276 g/mol. The third-order valence-electron chi connectivity index (χ3n) is 3.24. The van der Waals surface area contributed by atoms with E-state index in [1.807, 2.05) is 37.4 Å². The van der Waals surface area contributed by atoms with Crippen LogP contribution < -0.4 is 5.73 Å². The molecule has 0 fully saturated rings. The first-order valence-electron chi connectivity index (χ1n) is 6.72. The van der Waals surface area contributed by atoms with Crippen molar-refractivity contribution in [2.45, 2.75) is 31.3 Å². The van der Waals surface area contributed by atoms with Crippen LogP contribution in [0.5, 0.6) is 0 Å². The number of rotatable bonds is 7. The average molecular weight is 302 g/mol. The zero-order valence-corrected chi connectivity index (χ0v) is 13.8. The van der Waals surface area contributed by atoms with E-state index in [1.165, 1.54) is 4.31 Å². The smallest absolute Gasteiger partial charge is 0.244 e. The standard InChI is InChI=1S/C13H26N4O2S/c1-11(2)17-10-13(8-12(17)9-14)20(18,19)16(5)7-6-15(3)4/h8,10-11H,6-7,9,14H2,1-5H3. The molecule has 0 atom stereocenters. The van der Waals surface area contributed by atoms with Gasteiger partial charge in [0.15, 0.2) is 0 Å². The predicted molar refractivity (Wildman–Crippen MR) is 81.1 cm³/mol. The molecule has 0 bridgehead atoms. The van der Waals surface area contributed by atoms with Crippen LogP contribution in [0.2, 0.25) is 0 Å². The Balaban J connectivity index is 3.03. The van der Waals surface area contributed by atoms with E-state index in [-0.39, 0.29) is 6.04 Å². The molecule has 1 aromatic heterocycles. The Morgan fingerprint density at radius 1 is 1.25 bits per heavy atom. The summed E-state index contributed by atoms with van der Waals surface area (Å²) in [5.41, 5.74) is 6.52. The second-order valence-electron chi connectivity index (χ2n) is 5.50. The Bertz CT molecular complexity index is 535. The fraction of sp³-hybridized carbons (Fsp3) is 0.692. The molecule has 1 rings (SSSR count). The molecule has 0 aromatic carbocycles. The van der Waals surface area contributed by atoms with E-state index in [4.69, 9.17) is 5.73 Å². The maximum absolute atomic E-state index is 12.5. The molecule has 0 radical (unpaired) electrons. The lowest BCUT2D eigenvalue weighted by Gasteiger charge is -2.18. The number of aromatic nitrogens is 1. The maximum Gasteiger partial charge on any atom is 0.244 e. The summed E-state index contributed by atoms with van der Waals surface area (Å²) in [6, 6.07) is 1.85. The summed E-state index contributed by atoms with van der Waals surface area (Å²) in [6.07, 6.45) is 1.67. The summed E-state index contributed by atoms with van der Waals surface area (Å²) in [5, 5.41) is 0. The molecule has 116 valence electrons. The van der Waals surface area contributed by atoms with Gasteiger partial charge in [0.05, 0.1) is 0 Å². The minimum Gasteiger partial charge on any atom is -0.346 e. The fourth-order valence-corrected chi connectivity index (χ4v) is 3.14. The third kappa shape index (κ3) is 3.82. The second kappa shape index (κ2) is 6.71. The zero-order valence-electron chi connectivity index (χ0n) is 13.0. The molecule has 6 nitrogen and oxygen atoms in total. The molecule has 0 saturated heterocycles. The molecule has 1 heterocycles. The Kier molecular flexibility index (Phi) is 5.76. The van der Waals surface area contributed by atoms with Crippen LogP contribution >= 0.6 is 0 Å². The molecule has 0 aliphatic rings. The normalized spacial score (nSPS) is 12.8. The van der Waals surface area contributed by atoms with Crippen molar-refractivity contribution in [1.29, 1.82) is 0 Å². The van der Waals surface area contributed by atoms with Crippen LogP contribution in [0.15, 0.2) is 17.2 Å². The van der Waals surface area contributed by atoms with Crippen molar-refractivity contribution in [2.75, 3.05) is 34.2 Å². The number of likely N-dealkylation sites (N-methyl/N-ethyl adjacent to an activating group) is 2. The summed E-state index contributed by atoms with van der Waals surface area (Å²) in [5.74, 6) is 0. The molecule has 0 amide bonds. The summed E-state index contributed by atoms with van der Waals surface area (Å²) in [4.78, 5) is 2.27. The van der Waals surface area contributed by atoms with E-state index in [2.05, 4.69) is 0 Å². The average Bonchev–Trinajstić information content (AvgIpc) is 2.80. The van der Waals surface area contributed by atoms with Crippen molar-refractivity contribution in [3.63, 3.8) is 0 Å². The molecule has 2 N–H and O–H groups in total. The fourth-order valence-electron chi connectivity index (χ4n) is 1.92. The van der Waals surface area contributed by atoms with Crippen LogP contribution in [0.4, 0.5) is 0 Å². The lowest BCUT2D eigenvalue weighted by molar-refractivity contribution is 0.358. The molecule has 0 aliphatic carbocycles. The van der Waals surface area contributed by atoms with Crippen LogP contribution in [0.3, 0.4) is 0 Å². The highest BCUT2D eigenvalue weighted by Gasteiger charge is 2.23. The van der Waals surface area contributed by atoms with Crippen LogP contribution in [0.25, 0.3) is 0 Å². The topological polar surface area (TPSA) is 71.6 Å². The Hall–Kier alpha value is -0.890. The van der Waals surface area contributed by atoms with Gasteiger partial charge in [-0.15, -0.1) is 0 Å². The number of nitrogens with two attached hydrogens (primary N) is 1. The number of nitrogens with zero attached hydrogens (tertiary/aromatic N) is 3. The van der Waals surface area contributed by atoms with Gasteiger partial charge < -0.3 is 15.2 Å². The van der Waals surface area contributed by atoms with Crippen LogP contribution in [0.1, 0.15) is 25.6 Å². The third-order valence-corrected chi connectivity index (χ3v) is 5.06. The highest BCUT2D eigenvalue weighted by Crippen LogP contribution is 2.21. The van der Waals surface area contributed by atoms with Crippen molar-refractivity contribution in [3.05, 3.63) is 18.0 Å². The van der Waals surface area contributed by atoms with Gasteiger partial charge >= 0.3 is 0 Å². The quantitative estimate of drug-likeness (QED) is 0.805. The van der Waals surface area contributed by atoms with Crippen molar-refractivity contribution in [1.82, 2.24) is 13.8 Å². The summed E-state index contributed by atoms with van der Waals surface area (Å²) >= 11 is 0. The van der Waals surface area contributed by atoms with Gasteiger partial charge in [0.2, 0.25) is 10.0 Å². The molecular formula is C13H26N4O2S. The maximum atomic E-state index is 12.5. The first kappa shape index (κ1) is 17.2. The van der Waals surface area contributed by atoms with Gasteiger partial charge in [-0.05, 0) is 34.0 Å². The zero-order chi connectivity index (χ0) is 15.5. The summed E-state index contributed by atoms with van der Waals surface area (Å²) < 4.78 is 28.3. The van der Waals surface area contributed by atoms with E-state index in [0.717, 1.165) is 5.69 Å². The number of hydrogen-bond acceptors (Lipinski definition) is 4. The minimum absolute atomic E-state index is 0.185. The molecule has 0 unspecified atom stereocenters. The van der Waals surface area contributed by atoms with Crippen LogP contribution in [0, 0.1) is 0 Å². The van der Waals surface area contributed by atoms with E-state index in [0.29, 0.717) is 24.5 Å². The Morgan fingerprint density at radius 3 is 2.25 bits per heavy atom. The molecule has 0 saturated carbocycles. The van der Waals surface area contributed by atoms with Crippen molar-refractivity contribution in [3.8, 4) is 0 Å². The van der Waals surface area contributed by atoms with Crippen molar-refractivity contribution >= 4 is 10.0 Å². The van der Waals surface area contributed by atoms with E-state index >= 15 is 0 Å². The lowest BCUT2D eigenvalue weighted by Crippen LogP contribution is -2.33. The predicted octanol–water partition coefficient (Wildman–Crippen LogP) is 0.710. The van der Waals surface area contributed by atoms with Gasteiger partial charge in [-0.2, -0.15) is 4.31 Å². The highest BCUT2D eigenvalue weighted by molar-refractivity contribution is 7.89. The van der Waals surface area contributed by atoms with Gasteiger partial charge in [-0.3, -0.25) is 0 Å². The van der Waals surface area contributed by atoms with Gasteiger partial charge in [0, 0.05) is 44.6 Å². The van der Waals surface area contributed by atoms with Gasteiger partial charge in [-0.25, -0.2) is 8.42 Å². The van der Waals surface area contributed by atoms with Gasteiger partial charge in [0.25, 0.3) is 0 Å². The lowest BCUT2D eigenvalue weighted by atomic mass is 10.3. The van der Waals surface area contributed by atoms with Crippen molar-refractivity contribution < 1.29 is 8.42 Å². The number of sulfonamides is 1. The summed E-state index contributed by atoms with van der Waals surface area (Å²) in [6.45, 7) is 5.48. The first-order chi connectivity index (χ1) is 9.20. The largest absolute Gasteiger partial charge is 0.346 e. The molecule has 20 heavy (non-hydrogen) atoms. The van der Waals surface area contributed by atoms with Crippen LogP contribution in [-0.4, -0.2) is 56.4 Å². The van der Waals surface area contributed by atoms with E-state index in [9.17, 15) is 8.42 Å². The van der Waals surface area contributed by atoms with E-state index < -0.39 is 10.0 Å². The van der Waals surface area contributed by atoms with E-state index in [1.54, 1.807) is 19.3 Å². The highest BCUT2D eigenvalue weighted by atomic mass is 32.2. The van der Waals surface area contributed by atoms with Crippen LogP contribution in [-0.2, 0) is 16.6 Å². The summed E-state index contributed by atoms with van der Waals surface area (Å²) in [7, 11) is 1.99. The SMILES string of the molecule is CC(C)n1cc(S(=O)(=O)N(C)CCN(C)C)cc1CN. The first-order valence-corrected chi connectivity index (χ1v) is 8.16. The minimum atomic E-state index is -3.45. The number of hydrogen-bond donors (Lipinski definition) is 1. The molecule has 7 heteroatoms. The molecule has 0 aliphatic heterocycles. The van der Waals surface area contributed by atoms with Gasteiger partial charge in [-0.1, -0.05) is 0 Å².